The lowest BCUT2D eigenvalue weighted by Crippen LogP contribution is -2.05. The number of azo groups is 1. The van der Waals surface area contributed by atoms with Crippen LogP contribution in [0.1, 0.15) is 0 Å². The second-order valence-corrected chi connectivity index (χ2v) is 9.95. The lowest BCUT2D eigenvalue weighted by molar-refractivity contribution is 0.360. The van der Waals surface area contributed by atoms with Gasteiger partial charge in [0.1, 0.15) is 9.79 Å². The van der Waals surface area contributed by atoms with Gasteiger partial charge in [-0.25, -0.2) is 0 Å². The van der Waals surface area contributed by atoms with Gasteiger partial charge in [-0.05, 0) is 36.4 Å². The Morgan fingerprint density at radius 3 is 1.08 bits per heavy atom. The van der Waals surface area contributed by atoms with Crippen LogP contribution in [0.3, 0.4) is 0 Å². The molecular weight excluding hydrogens is 426 g/mol. The van der Waals surface area contributed by atoms with Crippen molar-refractivity contribution < 1.29 is 38.9 Å². The molecule has 2 nitrogen and oxygen atoms in total. The summed E-state index contributed by atoms with van der Waals surface area (Å²) < 4.78 is 127. The van der Waals surface area contributed by atoms with Crippen LogP contribution in [-0.4, -0.2) is 0 Å². The number of rotatable bonds is 4. The van der Waals surface area contributed by atoms with Gasteiger partial charge >= 0.3 is 20.4 Å². The summed E-state index contributed by atoms with van der Waals surface area (Å²) in [6.07, 6.45) is 0. The summed E-state index contributed by atoms with van der Waals surface area (Å²) in [4.78, 5) is -4.55. The maximum Gasteiger partial charge on any atom is 0.310 e. The van der Waals surface area contributed by atoms with E-state index >= 15 is 0 Å². The Bertz CT molecular complexity index is 827. The molecule has 0 fully saturated rings. The van der Waals surface area contributed by atoms with Crippen LogP contribution in [0.2, 0.25) is 0 Å². The molecular formula is C12H8F10N2S2. The topological polar surface area (TPSA) is 24.7 Å². The SMILES string of the molecule is FS(F)(F)(F)(F)c1cccc(N=Nc2cccc(S(F)(F)(F)(F)F)c2)c1. The number of hydrogen-bond donors (Lipinski definition) is 0. The van der Waals surface area contributed by atoms with Crippen LogP contribution in [0.4, 0.5) is 50.2 Å². The van der Waals surface area contributed by atoms with E-state index < -0.39 is 41.6 Å². The van der Waals surface area contributed by atoms with Crippen LogP contribution in [0, 0.1) is 0 Å². The van der Waals surface area contributed by atoms with Crippen LogP contribution in [-0.2, 0) is 0 Å². The summed E-state index contributed by atoms with van der Waals surface area (Å²) in [7, 11) is -20.0. The van der Waals surface area contributed by atoms with Crippen molar-refractivity contribution in [2.45, 2.75) is 9.79 Å². The first kappa shape index (κ1) is 20.4. The van der Waals surface area contributed by atoms with Crippen molar-refractivity contribution >= 4 is 31.8 Å². The van der Waals surface area contributed by atoms with Crippen molar-refractivity contribution in [3.63, 3.8) is 0 Å². The molecule has 0 spiro atoms. The first-order valence-corrected chi connectivity index (χ1v) is 10.1. The van der Waals surface area contributed by atoms with Crippen LogP contribution in [0.15, 0.2) is 68.6 Å². The molecule has 0 radical (unpaired) electrons. The lowest BCUT2D eigenvalue weighted by atomic mass is 10.3. The van der Waals surface area contributed by atoms with E-state index in [2.05, 4.69) is 10.2 Å². The maximum absolute atomic E-state index is 12.7. The third kappa shape index (κ3) is 5.27. The third-order valence-electron chi connectivity index (χ3n) is 2.81. The van der Waals surface area contributed by atoms with Gasteiger partial charge in [-0.3, -0.25) is 0 Å². The van der Waals surface area contributed by atoms with E-state index in [1.807, 2.05) is 0 Å². The Kier molecular flexibility index (Phi) is 3.50. The second-order valence-electron chi connectivity index (χ2n) is 5.13. The van der Waals surface area contributed by atoms with E-state index in [0.717, 1.165) is 12.1 Å². The molecule has 0 aromatic heterocycles. The molecule has 0 saturated heterocycles. The van der Waals surface area contributed by atoms with Gasteiger partial charge in [0, 0.05) is 0 Å². The molecule has 0 aliphatic carbocycles. The van der Waals surface area contributed by atoms with Crippen LogP contribution >= 0.6 is 20.4 Å². The van der Waals surface area contributed by atoms with Gasteiger partial charge in [-0.15, -0.1) is 0 Å². The van der Waals surface area contributed by atoms with Crippen molar-refractivity contribution in [1.82, 2.24) is 0 Å². The minimum absolute atomic E-state index is 0.0562. The minimum Gasteiger partial charge on any atom is -0.151 e. The molecule has 0 atom stereocenters. The number of nitrogens with zero attached hydrogens (tertiary/aromatic N) is 2. The average Bonchev–Trinajstić information content (AvgIpc) is 2.41. The minimum atomic E-state index is -9.98. The van der Waals surface area contributed by atoms with Crippen LogP contribution < -0.4 is 0 Å². The average molecular weight is 434 g/mol. The second kappa shape index (κ2) is 4.47. The Morgan fingerprint density at radius 2 is 0.808 bits per heavy atom. The van der Waals surface area contributed by atoms with Crippen molar-refractivity contribution in [2.24, 2.45) is 10.2 Å². The summed E-state index contributed by atoms with van der Waals surface area (Å²) in [5.74, 6) is 0. The normalized spacial score (nSPS) is 18.7. The van der Waals surface area contributed by atoms with E-state index in [1.165, 1.54) is 0 Å². The molecule has 0 bridgehead atoms. The predicted octanol–water partition coefficient (Wildman–Crippen LogP) is 9.42. The summed E-state index contributed by atoms with van der Waals surface area (Å²) in [5.41, 5.74) is -1.51. The maximum atomic E-state index is 12.7. The molecule has 26 heavy (non-hydrogen) atoms. The Hall–Kier alpha value is -1.96. The summed E-state index contributed by atoms with van der Waals surface area (Å²) in [6, 6.07) is 2.90. The largest absolute Gasteiger partial charge is 0.310 e. The zero-order valence-electron chi connectivity index (χ0n) is 12.1. The molecule has 0 heterocycles. The fraction of sp³-hybridized carbons (Fsp3) is 0. The first-order chi connectivity index (χ1) is 11.1. The molecule has 0 amide bonds. The Labute approximate surface area is 140 Å². The summed E-state index contributed by atoms with van der Waals surface area (Å²) >= 11 is 0. The van der Waals surface area contributed by atoms with Gasteiger partial charge in [-0.2, -0.15) is 10.2 Å². The van der Waals surface area contributed by atoms with E-state index in [0.29, 0.717) is 12.1 Å². The Morgan fingerprint density at radius 1 is 0.500 bits per heavy atom. The smallest absolute Gasteiger partial charge is 0.151 e. The van der Waals surface area contributed by atoms with Gasteiger partial charge in [-0.1, -0.05) is 51.0 Å². The molecule has 2 aromatic rings. The van der Waals surface area contributed by atoms with Crippen LogP contribution in [0.5, 0.6) is 0 Å². The molecule has 0 aliphatic heterocycles. The Balaban J connectivity index is 2.42. The molecule has 2 aromatic carbocycles. The highest BCUT2D eigenvalue weighted by molar-refractivity contribution is 8.46. The van der Waals surface area contributed by atoms with E-state index in [9.17, 15) is 38.9 Å². The van der Waals surface area contributed by atoms with Crippen molar-refractivity contribution in [3.8, 4) is 0 Å². The van der Waals surface area contributed by atoms with E-state index in [4.69, 9.17) is 0 Å². The van der Waals surface area contributed by atoms with Gasteiger partial charge in [0.05, 0.1) is 11.4 Å². The molecule has 0 aliphatic rings. The number of hydrogen-bond acceptors (Lipinski definition) is 2. The zero-order valence-corrected chi connectivity index (χ0v) is 13.7. The standard InChI is InChI=1S/C12H8F10N2S2/c13-25(14,15,16,17)11-5-1-3-9(7-11)23-24-10-4-2-6-12(8-10)26(18,19,20,21)22/h1-8H. The van der Waals surface area contributed by atoms with Crippen molar-refractivity contribution in [2.75, 3.05) is 0 Å². The van der Waals surface area contributed by atoms with E-state index in [1.54, 1.807) is 0 Å². The van der Waals surface area contributed by atoms with Crippen molar-refractivity contribution in [3.05, 3.63) is 48.5 Å². The lowest BCUT2D eigenvalue weighted by Gasteiger charge is -2.40. The molecule has 0 unspecified atom stereocenters. The quantitative estimate of drug-likeness (QED) is 0.338. The first-order valence-electron chi connectivity index (χ1n) is 6.24. The molecule has 2 rings (SSSR count). The zero-order chi connectivity index (χ0) is 20.2. The number of benzene rings is 2. The van der Waals surface area contributed by atoms with Gasteiger partial charge in [0.2, 0.25) is 0 Å². The third-order valence-corrected chi connectivity index (χ3v) is 5.10. The fourth-order valence-corrected chi connectivity index (χ4v) is 3.05. The fourth-order valence-electron chi connectivity index (χ4n) is 1.69. The summed E-state index contributed by atoms with van der Waals surface area (Å²) in [5, 5.41) is 6.19. The highest BCUT2D eigenvalue weighted by Crippen LogP contribution is 3.02. The molecule has 148 valence electrons. The molecule has 14 heteroatoms. The van der Waals surface area contributed by atoms with Gasteiger partial charge < -0.3 is 0 Å². The molecule has 0 N–H and O–H groups in total. The van der Waals surface area contributed by atoms with Crippen LogP contribution in [0.25, 0.3) is 0 Å². The summed E-state index contributed by atoms with van der Waals surface area (Å²) in [6.45, 7) is 0. The monoisotopic (exact) mass is 434 g/mol. The van der Waals surface area contributed by atoms with Gasteiger partial charge in [0.15, 0.2) is 0 Å². The highest BCUT2D eigenvalue weighted by Gasteiger charge is 2.66. The van der Waals surface area contributed by atoms with E-state index in [-0.39, 0.29) is 24.3 Å². The highest BCUT2D eigenvalue weighted by atomic mass is 32.5. The van der Waals surface area contributed by atoms with Gasteiger partial charge in [0.25, 0.3) is 0 Å². The predicted molar refractivity (Wildman–Crippen MR) is 79.9 cm³/mol. The molecule has 0 saturated carbocycles. The number of halogens is 10. The van der Waals surface area contributed by atoms with Crippen molar-refractivity contribution in [1.29, 1.82) is 0 Å².